The number of carbonyl (C=O) groups excluding carboxylic acids is 2. The molecular formula is C28H48O6. The molecular weight excluding hydrogens is 432 g/mol. The highest BCUT2D eigenvalue weighted by Crippen LogP contribution is 2.37. The number of hydrogen-bond acceptors (Lipinski definition) is 6. The average molecular weight is 481 g/mol. The first-order valence-corrected chi connectivity index (χ1v) is 13.7. The van der Waals surface area contributed by atoms with Crippen LogP contribution in [-0.4, -0.2) is 50.6 Å². The van der Waals surface area contributed by atoms with Gasteiger partial charge in [-0.2, -0.15) is 0 Å². The fraction of sp³-hybridized carbons (Fsp3) is 0.857. The molecule has 0 aromatic rings. The molecule has 0 N–H and O–H groups in total. The molecule has 0 amide bonds. The molecule has 196 valence electrons. The van der Waals surface area contributed by atoms with Crippen molar-refractivity contribution in [2.75, 3.05) is 20.3 Å². The lowest BCUT2D eigenvalue weighted by Gasteiger charge is -2.33. The zero-order valence-electron chi connectivity index (χ0n) is 21.8. The van der Waals surface area contributed by atoms with Gasteiger partial charge >= 0.3 is 5.97 Å². The van der Waals surface area contributed by atoms with Gasteiger partial charge in [0, 0.05) is 32.1 Å². The van der Waals surface area contributed by atoms with Gasteiger partial charge in [0.25, 0.3) is 0 Å². The number of Topliss-reactive ketones (excluding diaryl/α,β-unsaturated/α-hetero) is 1. The van der Waals surface area contributed by atoms with Crippen molar-refractivity contribution in [3.8, 4) is 0 Å². The first kappa shape index (κ1) is 29.0. The van der Waals surface area contributed by atoms with E-state index in [0.29, 0.717) is 24.7 Å². The Kier molecular flexibility index (Phi) is 14.7. The minimum absolute atomic E-state index is 0.0176. The number of rotatable bonds is 17. The lowest BCUT2D eigenvalue weighted by molar-refractivity contribution is -0.212. The van der Waals surface area contributed by atoms with Crippen LogP contribution in [0.25, 0.3) is 0 Å². The molecule has 1 saturated heterocycles. The van der Waals surface area contributed by atoms with Crippen LogP contribution in [0.5, 0.6) is 0 Å². The average Bonchev–Trinajstić information content (AvgIpc) is 3.19. The summed E-state index contributed by atoms with van der Waals surface area (Å²) in [7, 11) is 1.79. The molecule has 0 bridgehead atoms. The van der Waals surface area contributed by atoms with Crippen LogP contribution >= 0.6 is 0 Å². The van der Waals surface area contributed by atoms with E-state index >= 15 is 0 Å². The van der Waals surface area contributed by atoms with E-state index in [1.54, 1.807) is 14.0 Å². The first-order valence-electron chi connectivity index (χ1n) is 13.7. The molecule has 5 atom stereocenters. The molecule has 6 nitrogen and oxygen atoms in total. The maximum Gasteiger partial charge on any atom is 0.330 e. The Morgan fingerprint density at radius 1 is 1.09 bits per heavy atom. The van der Waals surface area contributed by atoms with Gasteiger partial charge in [0.1, 0.15) is 5.78 Å². The number of ether oxygens (including phenoxy) is 4. The van der Waals surface area contributed by atoms with Crippen molar-refractivity contribution in [1.82, 2.24) is 0 Å². The monoisotopic (exact) mass is 480 g/mol. The van der Waals surface area contributed by atoms with Crippen LogP contribution in [0.15, 0.2) is 12.2 Å². The number of hydrogen-bond donors (Lipinski definition) is 0. The second-order valence-electron chi connectivity index (χ2n) is 9.77. The van der Waals surface area contributed by atoms with Crippen molar-refractivity contribution < 1.29 is 28.5 Å². The summed E-state index contributed by atoms with van der Waals surface area (Å²) in [5, 5.41) is 0. The van der Waals surface area contributed by atoms with Crippen LogP contribution in [0.3, 0.4) is 0 Å². The topological polar surface area (TPSA) is 71.1 Å². The third-order valence-corrected chi connectivity index (χ3v) is 7.27. The molecule has 0 aromatic heterocycles. The van der Waals surface area contributed by atoms with Crippen molar-refractivity contribution in [1.29, 1.82) is 0 Å². The van der Waals surface area contributed by atoms with Crippen molar-refractivity contribution >= 4 is 11.8 Å². The van der Waals surface area contributed by atoms with Gasteiger partial charge < -0.3 is 18.9 Å². The lowest BCUT2D eigenvalue weighted by atomic mass is 9.85. The molecule has 1 aliphatic heterocycles. The quantitative estimate of drug-likeness (QED) is 0.141. The van der Waals surface area contributed by atoms with Gasteiger partial charge in [0.15, 0.2) is 6.29 Å². The standard InChI is InChI=1S/C28H48O6/c1-4-6-14-25(31-3)26(34-28-16-11-12-21-33-28)20-18-22-17-19-24(29)23(22)13-9-7-8-10-15-27(30)32-5-2/h10,15,22-23,25-26,28H,4-9,11-14,16-21H2,1-3H3/t22-,23-,25?,26?,28?/m1/s1. The Labute approximate surface area is 207 Å². The Bertz CT molecular complexity index is 598. The van der Waals surface area contributed by atoms with Gasteiger partial charge in [0.05, 0.1) is 18.8 Å². The third-order valence-electron chi connectivity index (χ3n) is 7.27. The van der Waals surface area contributed by atoms with Gasteiger partial charge in [-0.05, 0) is 77.0 Å². The second-order valence-corrected chi connectivity index (χ2v) is 9.77. The number of esters is 1. The zero-order valence-corrected chi connectivity index (χ0v) is 21.8. The van der Waals surface area contributed by atoms with Crippen LogP contribution in [-0.2, 0) is 28.5 Å². The van der Waals surface area contributed by atoms with Gasteiger partial charge in [-0.3, -0.25) is 4.79 Å². The van der Waals surface area contributed by atoms with E-state index in [9.17, 15) is 9.59 Å². The van der Waals surface area contributed by atoms with E-state index in [1.165, 1.54) is 6.08 Å². The Morgan fingerprint density at radius 3 is 2.65 bits per heavy atom. The van der Waals surface area contributed by atoms with Crippen LogP contribution in [0.2, 0.25) is 0 Å². The predicted octanol–water partition coefficient (Wildman–Crippen LogP) is 6.16. The maximum atomic E-state index is 12.6. The summed E-state index contributed by atoms with van der Waals surface area (Å²) in [6, 6.07) is 0. The fourth-order valence-electron chi connectivity index (χ4n) is 5.31. The third kappa shape index (κ3) is 10.6. The van der Waals surface area contributed by atoms with Gasteiger partial charge in [-0.15, -0.1) is 0 Å². The summed E-state index contributed by atoms with van der Waals surface area (Å²) in [6.07, 6.45) is 17.2. The highest BCUT2D eigenvalue weighted by molar-refractivity contribution is 5.83. The minimum Gasteiger partial charge on any atom is -0.463 e. The molecule has 2 rings (SSSR count). The molecule has 34 heavy (non-hydrogen) atoms. The molecule has 6 heteroatoms. The van der Waals surface area contributed by atoms with E-state index in [0.717, 1.165) is 90.1 Å². The Hall–Kier alpha value is -1.24. The van der Waals surface area contributed by atoms with E-state index in [2.05, 4.69) is 6.92 Å². The highest BCUT2D eigenvalue weighted by atomic mass is 16.7. The van der Waals surface area contributed by atoms with Gasteiger partial charge in [-0.1, -0.05) is 32.3 Å². The van der Waals surface area contributed by atoms with Crippen molar-refractivity contribution in [3.05, 3.63) is 12.2 Å². The van der Waals surface area contributed by atoms with Crippen molar-refractivity contribution in [3.63, 3.8) is 0 Å². The summed E-state index contributed by atoms with van der Waals surface area (Å²) in [5.41, 5.74) is 0. The smallest absolute Gasteiger partial charge is 0.330 e. The Morgan fingerprint density at radius 2 is 1.94 bits per heavy atom. The normalized spacial score (nSPS) is 25.0. The van der Waals surface area contributed by atoms with Crippen LogP contribution in [0.1, 0.15) is 104 Å². The molecule has 1 heterocycles. The number of methoxy groups -OCH3 is 1. The predicted molar refractivity (Wildman–Crippen MR) is 133 cm³/mol. The van der Waals surface area contributed by atoms with Crippen molar-refractivity contribution in [2.45, 2.75) is 122 Å². The lowest BCUT2D eigenvalue weighted by Crippen LogP contribution is -2.37. The van der Waals surface area contributed by atoms with Crippen LogP contribution in [0, 0.1) is 11.8 Å². The number of carbonyl (C=O) groups is 2. The van der Waals surface area contributed by atoms with Crippen LogP contribution < -0.4 is 0 Å². The maximum absolute atomic E-state index is 12.6. The Balaban J connectivity index is 1.83. The molecule has 0 radical (unpaired) electrons. The summed E-state index contributed by atoms with van der Waals surface area (Å²) in [4.78, 5) is 24.0. The first-order chi connectivity index (χ1) is 16.6. The summed E-state index contributed by atoms with van der Waals surface area (Å²) >= 11 is 0. The highest BCUT2D eigenvalue weighted by Gasteiger charge is 2.35. The second kappa shape index (κ2) is 17.2. The molecule has 3 unspecified atom stereocenters. The summed E-state index contributed by atoms with van der Waals surface area (Å²) in [5.74, 6) is 0.744. The fourth-order valence-corrected chi connectivity index (χ4v) is 5.31. The van der Waals surface area contributed by atoms with Crippen LogP contribution in [0.4, 0.5) is 0 Å². The van der Waals surface area contributed by atoms with E-state index < -0.39 is 0 Å². The van der Waals surface area contributed by atoms with E-state index in [-0.39, 0.29) is 30.4 Å². The van der Waals surface area contributed by atoms with Gasteiger partial charge in [0.2, 0.25) is 0 Å². The molecule has 0 aromatic carbocycles. The van der Waals surface area contributed by atoms with E-state index in [4.69, 9.17) is 18.9 Å². The number of ketones is 1. The van der Waals surface area contributed by atoms with Crippen molar-refractivity contribution in [2.24, 2.45) is 11.8 Å². The zero-order chi connectivity index (χ0) is 24.6. The van der Waals surface area contributed by atoms with Gasteiger partial charge in [-0.25, -0.2) is 4.79 Å². The minimum atomic E-state index is -0.280. The summed E-state index contributed by atoms with van der Waals surface area (Å²) in [6.45, 7) is 5.18. The molecule has 2 aliphatic rings. The number of unbranched alkanes of at least 4 members (excludes halogenated alkanes) is 3. The van der Waals surface area contributed by atoms with E-state index in [1.807, 2.05) is 6.08 Å². The number of allylic oxidation sites excluding steroid dienone is 1. The largest absolute Gasteiger partial charge is 0.463 e. The molecule has 2 fully saturated rings. The molecule has 1 aliphatic carbocycles. The molecule has 0 spiro atoms. The summed E-state index contributed by atoms with van der Waals surface area (Å²) < 4.78 is 23.1. The molecule has 1 saturated carbocycles. The SMILES string of the molecule is CCCCC(OC)C(CC[C@H]1CCC(=O)[C@@H]1CCCCC=CC(=O)OCC)OC1CCCCO1.